The zero-order valence-corrected chi connectivity index (χ0v) is 18.6. The topological polar surface area (TPSA) is 69.7 Å². The first kappa shape index (κ1) is 23.6. The number of nitrogens with one attached hydrogen (secondary N) is 1. The highest BCUT2D eigenvalue weighted by Crippen LogP contribution is 2.16. The van der Waals surface area contributed by atoms with E-state index in [1.54, 1.807) is 30.3 Å². The first-order valence-corrected chi connectivity index (χ1v) is 12.2. The lowest BCUT2D eigenvalue weighted by molar-refractivity contribution is -0.116. The molecule has 0 aliphatic carbocycles. The average Bonchev–Trinajstić information content (AvgIpc) is 2.99. The van der Waals surface area contributed by atoms with Gasteiger partial charge >= 0.3 is 0 Å². The highest BCUT2D eigenvalue weighted by atomic mass is 32.2. The normalized spacial score (nSPS) is 16.2. The number of carbonyl (C=O) groups is 1. The summed E-state index contributed by atoms with van der Waals surface area (Å²) in [5.41, 5.74) is 0.795. The second-order valence-electron chi connectivity index (χ2n) is 7.39. The fraction of sp³-hybridized carbons (Fsp3) is 0.591. The molecule has 0 aromatic heterocycles. The van der Waals surface area contributed by atoms with E-state index in [1.165, 1.54) is 49.2 Å². The van der Waals surface area contributed by atoms with Gasteiger partial charge in [0.15, 0.2) is 0 Å². The number of nitrogens with zero attached hydrogens (tertiary/aromatic N) is 2. The molecule has 1 aromatic rings. The molecule has 0 saturated carbocycles. The lowest BCUT2D eigenvalue weighted by Gasteiger charge is -2.19. The Morgan fingerprint density at radius 3 is 2.28 bits per heavy atom. The van der Waals surface area contributed by atoms with Crippen LogP contribution in [0.25, 0.3) is 6.08 Å². The van der Waals surface area contributed by atoms with Gasteiger partial charge in [-0.1, -0.05) is 38.8 Å². The second kappa shape index (κ2) is 12.1. The van der Waals surface area contributed by atoms with Gasteiger partial charge in [0.05, 0.1) is 4.90 Å². The van der Waals surface area contributed by atoms with Gasteiger partial charge in [-0.3, -0.25) is 4.79 Å². The van der Waals surface area contributed by atoms with E-state index in [9.17, 15) is 13.2 Å². The quantitative estimate of drug-likeness (QED) is 0.466. The van der Waals surface area contributed by atoms with E-state index in [2.05, 4.69) is 10.2 Å². The van der Waals surface area contributed by atoms with E-state index < -0.39 is 10.0 Å². The molecule has 1 aromatic carbocycles. The zero-order valence-electron chi connectivity index (χ0n) is 17.8. The molecule has 1 aliphatic rings. The van der Waals surface area contributed by atoms with Gasteiger partial charge in [-0.05, 0) is 62.7 Å². The molecule has 6 nitrogen and oxygen atoms in total. The molecule has 1 saturated heterocycles. The number of likely N-dealkylation sites (tertiary alicyclic amines) is 1. The Hall–Kier alpha value is -1.70. The summed E-state index contributed by atoms with van der Waals surface area (Å²) in [4.78, 5) is 14.8. The molecular formula is C22H35N3O3S. The molecule has 1 amide bonds. The molecule has 0 atom stereocenters. The van der Waals surface area contributed by atoms with Gasteiger partial charge < -0.3 is 10.2 Å². The number of hydrogen-bond donors (Lipinski definition) is 1. The molecule has 0 radical (unpaired) electrons. The molecule has 0 spiro atoms. The van der Waals surface area contributed by atoms with E-state index in [0.717, 1.165) is 18.5 Å². The summed E-state index contributed by atoms with van der Waals surface area (Å²) >= 11 is 0. The standard InChI is InChI=1S/C22H35N3O3S/c1-3-25(4-2)29(27,28)21-13-10-20(11-14-21)12-15-22(26)23-16-9-19-24-17-7-5-6-8-18-24/h10-15H,3-9,16-19H2,1-2H3,(H,23,26)/b15-12+. The van der Waals surface area contributed by atoms with Crippen LogP contribution in [-0.2, 0) is 14.8 Å². The molecule has 29 heavy (non-hydrogen) atoms. The van der Waals surface area contributed by atoms with E-state index in [-0.39, 0.29) is 10.8 Å². The van der Waals surface area contributed by atoms with Crippen molar-refractivity contribution in [1.29, 1.82) is 0 Å². The van der Waals surface area contributed by atoms with Crippen LogP contribution in [0.4, 0.5) is 0 Å². The van der Waals surface area contributed by atoms with Gasteiger partial charge in [-0.2, -0.15) is 4.31 Å². The minimum Gasteiger partial charge on any atom is -0.353 e. The van der Waals surface area contributed by atoms with Gasteiger partial charge in [0.2, 0.25) is 15.9 Å². The molecule has 162 valence electrons. The summed E-state index contributed by atoms with van der Waals surface area (Å²) in [6.45, 7) is 8.58. The minimum absolute atomic E-state index is 0.124. The average molecular weight is 422 g/mol. The smallest absolute Gasteiger partial charge is 0.243 e. The second-order valence-corrected chi connectivity index (χ2v) is 9.33. The number of carbonyl (C=O) groups excluding carboxylic acids is 1. The van der Waals surface area contributed by atoms with E-state index in [0.29, 0.717) is 19.6 Å². The van der Waals surface area contributed by atoms with Crippen LogP contribution >= 0.6 is 0 Å². The predicted molar refractivity (Wildman–Crippen MR) is 118 cm³/mol. The highest BCUT2D eigenvalue weighted by molar-refractivity contribution is 7.89. The maximum absolute atomic E-state index is 12.5. The Morgan fingerprint density at radius 2 is 1.69 bits per heavy atom. The summed E-state index contributed by atoms with van der Waals surface area (Å²) in [5.74, 6) is -0.124. The summed E-state index contributed by atoms with van der Waals surface area (Å²) < 4.78 is 26.4. The number of hydrogen-bond acceptors (Lipinski definition) is 4. The van der Waals surface area contributed by atoms with Gasteiger partial charge in [-0.25, -0.2) is 8.42 Å². The van der Waals surface area contributed by atoms with E-state index in [4.69, 9.17) is 0 Å². The van der Waals surface area contributed by atoms with Gasteiger partial charge in [0.1, 0.15) is 0 Å². The highest BCUT2D eigenvalue weighted by Gasteiger charge is 2.20. The van der Waals surface area contributed by atoms with Crippen molar-refractivity contribution in [2.24, 2.45) is 0 Å². The lowest BCUT2D eigenvalue weighted by atomic mass is 10.2. The molecule has 2 rings (SSSR count). The maximum atomic E-state index is 12.5. The van der Waals surface area contributed by atoms with Crippen LogP contribution < -0.4 is 5.32 Å². The molecular weight excluding hydrogens is 386 g/mol. The van der Waals surface area contributed by atoms with Crippen LogP contribution in [-0.4, -0.2) is 62.8 Å². The van der Waals surface area contributed by atoms with Crippen LogP contribution in [0.3, 0.4) is 0 Å². The van der Waals surface area contributed by atoms with Crippen molar-refractivity contribution >= 4 is 22.0 Å². The third-order valence-corrected chi connectivity index (χ3v) is 7.36. The van der Waals surface area contributed by atoms with E-state index >= 15 is 0 Å². The lowest BCUT2D eigenvalue weighted by Crippen LogP contribution is -2.30. The Balaban J connectivity index is 1.78. The molecule has 0 unspecified atom stereocenters. The number of sulfonamides is 1. The van der Waals surface area contributed by atoms with Gasteiger partial charge in [0.25, 0.3) is 0 Å². The predicted octanol–water partition coefficient (Wildman–Crippen LogP) is 3.11. The number of benzene rings is 1. The minimum atomic E-state index is -3.45. The van der Waals surface area contributed by atoms with Crippen molar-refractivity contribution in [3.63, 3.8) is 0 Å². The Bertz CT molecular complexity index is 748. The van der Waals surface area contributed by atoms with Crippen LogP contribution in [0.5, 0.6) is 0 Å². The van der Waals surface area contributed by atoms with Crippen molar-refractivity contribution in [3.05, 3.63) is 35.9 Å². The van der Waals surface area contributed by atoms with Crippen molar-refractivity contribution in [2.75, 3.05) is 39.3 Å². The van der Waals surface area contributed by atoms with Gasteiger partial charge in [-0.15, -0.1) is 0 Å². The van der Waals surface area contributed by atoms with Crippen molar-refractivity contribution in [3.8, 4) is 0 Å². The van der Waals surface area contributed by atoms with Crippen LogP contribution in [0, 0.1) is 0 Å². The first-order chi connectivity index (χ1) is 14.0. The molecule has 7 heteroatoms. The molecule has 1 aliphatic heterocycles. The summed E-state index contributed by atoms with van der Waals surface area (Å²) in [6.07, 6.45) is 9.39. The van der Waals surface area contributed by atoms with Crippen LogP contribution in [0.1, 0.15) is 51.5 Å². The molecule has 1 fully saturated rings. The largest absolute Gasteiger partial charge is 0.353 e. The Kier molecular flexibility index (Phi) is 9.84. The fourth-order valence-electron chi connectivity index (χ4n) is 3.57. The SMILES string of the molecule is CCN(CC)S(=O)(=O)c1ccc(/C=C/C(=O)NCCCN2CCCCCC2)cc1. The summed E-state index contributed by atoms with van der Waals surface area (Å²) in [6, 6.07) is 6.62. The molecule has 0 bridgehead atoms. The monoisotopic (exact) mass is 421 g/mol. The number of amides is 1. The van der Waals surface area contributed by atoms with Crippen LogP contribution in [0.2, 0.25) is 0 Å². The Labute approximate surface area is 176 Å². The summed E-state index contributed by atoms with van der Waals surface area (Å²) in [5, 5.41) is 2.92. The van der Waals surface area contributed by atoms with Gasteiger partial charge in [0, 0.05) is 25.7 Å². The van der Waals surface area contributed by atoms with Crippen molar-refractivity contribution < 1.29 is 13.2 Å². The van der Waals surface area contributed by atoms with E-state index in [1.807, 2.05) is 13.8 Å². The maximum Gasteiger partial charge on any atom is 0.243 e. The Morgan fingerprint density at radius 1 is 1.07 bits per heavy atom. The van der Waals surface area contributed by atoms with Crippen molar-refractivity contribution in [2.45, 2.75) is 50.8 Å². The molecule has 1 N–H and O–H groups in total. The third-order valence-electron chi connectivity index (χ3n) is 5.30. The van der Waals surface area contributed by atoms with Crippen LogP contribution in [0.15, 0.2) is 35.2 Å². The van der Waals surface area contributed by atoms with Crippen molar-refractivity contribution in [1.82, 2.24) is 14.5 Å². The fourth-order valence-corrected chi connectivity index (χ4v) is 5.03. The first-order valence-electron chi connectivity index (χ1n) is 10.8. The molecule has 1 heterocycles. The third kappa shape index (κ3) is 7.57. The number of rotatable bonds is 10. The summed E-state index contributed by atoms with van der Waals surface area (Å²) in [7, 11) is -3.45. The zero-order chi connectivity index (χ0) is 21.1.